The Hall–Kier alpha value is -2.38. The van der Waals surface area contributed by atoms with E-state index in [1.54, 1.807) is 0 Å². The second kappa shape index (κ2) is 11.3. The van der Waals surface area contributed by atoms with E-state index < -0.39 is 66.9 Å². The van der Waals surface area contributed by atoms with Crippen molar-refractivity contribution in [2.24, 2.45) is 5.73 Å². The number of thiol groups is 1. The molecule has 13 heteroatoms. The molecule has 12 nitrogen and oxygen atoms in total. The second-order valence-corrected chi connectivity index (χ2v) is 5.65. The third-order valence-corrected chi connectivity index (χ3v) is 3.43. The van der Waals surface area contributed by atoms with Crippen molar-refractivity contribution in [1.29, 1.82) is 0 Å². The van der Waals surface area contributed by atoms with Crippen molar-refractivity contribution in [3.05, 3.63) is 0 Å². The van der Waals surface area contributed by atoms with Gasteiger partial charge in [-0.2, -0.15) is 12.6 Å². The van der Waals surface area contributed by atoms with E-state index >= 15 is 0 Å². The van der Waals surface area contributed by atoms with Gasteiger partial charge in [-0.1, -0.05) is 0 Å². The molecule has 0 aliphatic rings. The maximum absolute atomic E-state index is 12.2. The molecule has 0 aromatic carbocycles. The molecule has 148 valence electrons. The Morgan fingerprint density at radius 2 is 1.50 bits per heavy atom. The largest absolute Gasteiger partial charge is 0.481 e. The van der Waals surface area contributed by atoms with E-state index in [-0.39, 0.29) is 5.75 Å². The Morgan fingerprint density at radius 1 is 0.962 bits per heavy atom. The monoisotopic (exact) mass is 394 g/mol. The lowest BCUT2D eigenvalue weighted by molar-refractivity contribution is -0.141. The molecule has 0 aromatic rings. The Bertz CT molecular complexity index is 556. The van der Waals surface area contributed by atoms with E-state index in [1.165, 1.54) is 6.92 Å². The molecule has 0 aliphatic carbocycles. The SMILES string of the molecule is CC(O)C(N)C(=O)NC(CC(=O)O)C(=O)NC(CS)C(=O)NCC(=O)O. The van der Waals surface area contributed by atoms with Crippen LogP contribution in [-0.2, 0) is 24.0 Å². The summed E-state index contributed by atoms with van der Waals surface area (Å²) in [4.78, 5) is 57.1. The quantitative estimate of drug-likeness (QED) is 0.162. The summed E-state index contributed by atoms with van der Waals surface area (Å²) in [6.45, 7) is 0.553. The van der Waals surface area contributed by atoms with Crippen LogP contribution in [-0.4, -0.2) is 81.5 Å². The van der Waals surface area contributed by atoms with Gasteiger partial charge in [-0.05, 0) is 6.92 Å². The molecule has 4 atom stereocenters. The van der Waals surface area contributed by atoms with E-state index in [1.807, 2.05) is 5.32 Å². The van der Waals surface area contributed by atoms with Crippen LogP contribution in [0.2, 0.25) is 0 Å². The smallest absolute Gasteiger partial charge is 0.322 e. The van der Waals surface area contributed by atoms with Gasteiger partial charge in [-0.15, -0.1) is 0 Å². The van der Waals surface area contributed by atoms with Gasteiger partial charge in [0.1, 0.15) is 24.7 Å². The van der Waals surface area contributed by atoms with Gasteiger partial charge in [0.15, 0.2) is 0 Å². The highest BCUT2D eigenvalue weighted by Gasteiger charge is 2.30. The Labute approximate surface area is 153 Å². The van der Waals surface area contributed by atoms with Gasteiger partial charge in [0.2, 0.25) is 17.7 Å². The summed E-state index contributed by atoms with van der Waals surface area (Å²) in [7, 11) is 0. The summed E-state index contributed by atoms with van der Waals surface area (Å²) in [6.07, 6.45) is -2.05. The number of carbonyl (C=O) groups excluding carboxylic acids is 3. The molecule has 4 unspecified atom stereocenters. The zero-order chi connectivity index (χ0) is 20.4. The van der Waals surface area contributed by atoms with Crippen LogP contribution in [0.4, 0.5) is 0 Å². The van der Waals surface area contributed by atoms with Crippen LogP contribution >= 0.6 is 12.6 Å². The molecule has 0 spiro atoms. The predicted octanol–water partition coefficient (Wildman–Crippen LogP) is -3.73. The third kappa shape index (κ3) is 8.64. The van der Waals surface area contributed by atoms with E-state index in [2.05, 4.69) is 23.3 Å². The zero-order valence-electron chi connectivity index (χ0n) is 13.8. The number of aliphatic carboxylic acids is 2. The van der Waals surface area contributed by atoms with Gasteiger partial charge in [-0.3, -0.25) is 24.0 Å². The Kier molecular flexibility index (Phi) is 10.2. The van der Waals surface area contributed by atoms with Crippen LogP contribution in [0.25, 0.3) is 0 Å². The average Bonchev–Trinajstić information content (AvgIpc) is 2.55. The van der Waals surface area contributed by atoms with Gasteiger partial charge in [0, 0.05) is 5.75 Å². The maximum atomic E-state index is 12.2. The van der Waals surface area contributed by atoms with E-state index in [9.17, 15) is 29.1 Å². The van der Waals surface area contributed by atoms with Crippen LogP contribution in [0.15, 0.2) is 0 Å². The summed E-state index contributed by atoms with van der Waals surface area (Å²) in [5, 5.41) is 32.9. The molecule has 0 radical (unpaired) electrons. The molecular formula is C13H22N4O8S. The van der Waals surface area contributed by atoms with E-state index in [0.717, 1.165) is 0 Å². The molecule has 0 heterocycles. The number of carboxylic acids is 2. The highest BCUT2D eigenvalue weighted by molar-refractivity contribution is 7.80. The molecule has 0 aliphatic heterocycles. The Balaban J connectivity index is 5.04. The molecule has 26 heavy (non-hydrogen) atoms. The van der Waals surface area contributed by atoms with Gasteiger partial charge in [0.25, 0.3) is 0 Å². The van der Waals surface area contributed by atoms with Gasteiger partial charge in [0.05, 0.1) is 12.5 Å². The first kappa shape index (κ1) is 23.6. The van der Waals surface area contributed by atoms with Crippen molar-refractivity contribution < 1.29 is 39.3 Å². The number of amides is 3. The number of nitrogens with two attached hydrogens (primary N) is 1. The predicted molar refractivity (Wildman–Crippen MR) is 90.3 cm³/mol. The van der Waals surface area contributed by atoms with Gasteiger partial charge < -0.3 is 37.0 Å². The number of hydrogen-bond donors (Lipinski definition) is 8. The van der Waals surface area contributed by atoms with Crippen LogP contribution < -0.4 is 21.7 Å². The van der Waals surface area contributed by atoms with Crippen molar-refractivity contribution in [3.8, 4) is 0 Å². The number of rotatable bonds is 11. The van der Waals surface area contributed by atoms with Crippen LogP contribution in [0.3, 0.4) is 0 Å². The van der Waals surface area contributed by atoms with E-state index in [4.69, 9.17) is 15.9 Å². The number of nitrogens with one attached hydrogen (secondary N) is 3. The summed E-state index contributed by atoms with van der Waals surface area (Å²) in [5.74, 6) is -5.74. The first-order valence-electron chi connectivity index (χ1n) is 7.36. The topological polar surface area (TPSA) is 208 Å². The molecule has 0 saturated heterocycles. The lowest BCUT2D eigenvalue weighted by Gasteiger charge is -2.23. The minimum Gasteiger partial charge on any atom is -0.481 e. The third-order valence-electron chi connectivity index (χ3n) is 3.06. The van der Waals surface area contributed by atoms with Crippen molar-refractivity contribution in [2.45, 2.75) is 37.6 Å². The standard InChI is InChI=1S/C13H22N4O8S/c1-5(18)10(14)13(25)16-6(2-8(19)20)12(24)17-7(4-26)11(23)15-3-9(21)22/h5-7,10,18,26H,2-4,14H2,1H3,(H,15,23)(H,16,25)(H,17,24)(H,19,20)(H,21,22). The lowest BCUT2D eigenvalue weighted by Crippen LogP contribution is -2.58. The molecule has 8 N–H and O–H groups in total. The van der Waals surface area contributed by atoms with Crippen molar-refractivity contribution >= 4 is 42.3 Å². The molecule has 0 bridgehead atoms. The fourth-order valence-electron chi connectivity index (χ4n) is 1.62. The maximum Gasteiger partial charge on any atom is 0.322 e. The molecule has 0 aromatic heterocycles. The average molecular weight is 394 g/mol. The van der Waals surface area contributed by atoms with Crippen LogP contribution in [0.5, 0.6) is 0 Å². The molecular weight excluding hydrogens is 372 g/mol. The number of carboxylic acid groups (broad SMARTS) is 2. The first-order chi connectivity index (χ1) is 12.0. The lowest BCUT2D eigenvalue weighted by atomic mass is 10.1. The number of aliphatic hydroxyl groups excluding tert-OH is 1. The second-order valence-electron chi connectivity index (χ2n) is 5.28. The first-order valence-corrected chi connectivity index (χ1v) is 7.99. The van der Waals surface area contributed by atoms with Crippen molar-refractivity contribution in [1.82, 2.24) is 16.0 Å². The summed E-state index contributed by atoms with van der Waals surface area (Å²) >= 11 is 3.86. The van der Waals surface area contributed by atoms with Crippen LogP contribution in [0.1, 0.15) is 13.3 Å². The fourth-order valence-corrected chi connectivity index (χ4v) is 1.88. The molecule has 0 rings (SSSR count). The van der Waals surface area contributed by atoms with Gasteiger partial charge in [-0.25, -0.2) is 0 Å². The summed E-state index contributed by atoms with van der Waals surface area (Å²) in [5.41, 5.74) is 5.41. The van der Waals surface area contributed by atoms with Crippen molar-refractivity contribution in [2.75, 3.05) is 12.3 Å². The molecule has 0 saturated carbocycles. The minimum atomic E-state index is -1.57. The van der Waals surface area contributed by atoms with E-state index in [0.29, 0.717) is 0 Å². The highest BCUT2D eigenvalue weighted by Crippen LogP contribution is 1.99. The zero-order valence-corrected chi connectivity index (χ0v) is 14.7. The number of aliphatic hydroxyl groups is 1. The van der Waals surface area contributed by atoms with Crippen molar-refractivity contribution in [3.63, 3.8) is 0 Å². The fraction of sp³-hybridized carbons (Fsp3) is 0.615. The Morgan fingerprint density at radius 3 is 1.92 bits per heavy atom. The van der Waals surface area contributed by atoms with Crippen LogP contribution in [0, 0.1) is 0 Å². The molecule has 0 fully saturated rings. The summed E-state index contributed by atoms with van der Waals surface area (Å²) in [6, 6.07) is -4.22. The number of hydrogen-bond acceptors (Lipinski definition) is 8. The number of carbonyl (C=O) groups is 5. The minimum absolute atomic E-state index is 0.210. The highest BCUT2D eigenvalue weighted by atomic mass is 32.1. The normalized spacial score (nSPS) is 15.1. The molecule has 3 amide bonds. The van der Waals surface area contributed by atoms with Gasteiger partial charge >= 0.3 is 11.9 Å². The summed E-state index contributed by atoms with van der Waals surface area (Å²) < 4.78 is 0.